The zero-order valence-electron chi connectivity index (χ0n) is 11.1. The van der Waals surface area contributed by atoms with Crippen LogP contribution in [0.25, 0.3) is 0 Å². The lowest BCUT2D eigenvalue weighted by Crippen LogP contribution is -2.37. The Morgan fingerprint density at radius 3 is 2.89 bits per heavy atom. The van der Waals surface area contributed by atoms with E-state index in [-0.39, 0.29) is 5.91 Å². The number of ether oxygens (including phenoxy) is 1. The Hall–Kier alpha value is -1.20. The van der Waals surface area contributed by atoms with E-state index in [1.165, 1.54) is 0 Å². The lowest BCUT2D eigenvalue weighted by molar-refractivity contribution is -0.119. The van der Waals surface area contributed by atoms with E-state index >= 15 is 0 Å². The van der Waals surface area contributed by atoms with Crippen molar-refractivity contribution >= 4 is 17.7 Å². The summed E-state index contributed by atoms with van der Waals surface area (Å²) in [5.41, 5.74) is 0. The van der Waals surface area contributed by atoms with Crippen molar-refractivity contribution in [2.45, 2.75) is 24.3 Å². The van der Waals surface area contributed by atoms with Crippen molar-refractivity contribution in [3.63, 3.8) is 0 Å². The second-order valence-electron chi connectivity index (χ2n) is 4.45. The minimum absolute atomic E-state index is 0.104. The van der Waals surface area contributed by atoms with Crippen LogP contribution in [0.2, 0.25) is 0 Å². The summed E-state index contributed by atoms with van der Waals surface area (Å²) in [7, 11) is 0. The van der Waals surface area contributed by atoms with Crippen molar-refractivity contribution in [2.24, 2.45) is 0 Å². The zero-order valence-corrected chi connectivity index (χ0v) is 12.0. The molecule has 5 heteroatoms. The second-order valence-corrected chi connectivity index (χ2v) is 5.50. The van der Waals surface area contributed by atoms with Crippen molar-refractivity contribution in [1.29, 1.82) is 0 Å². The van der Waals surface area contributed by atoms with Crippen LogP contribution < -0.4 is 15.4 Å². The van der Waals surface area contributed by atoms with Gasteiger partial charge in [-0.15, -0.1) is 11.8 Å². The Bertz CT molecular complexity index is 402. The Morgan fingerprint density at radius 2 is 2.26 bits per heavy atom. The van der Waals surface area contributed by atoms with Crippen LogP contribution in [0, 0.1) is 0 Å². The number of nitrogens with one attached hydrogen (secondary N) is 2. The highest BCUT2D eigenvalue weighted by Gasteiger charge is 2.16. The first-order valence-electron chi connectivity index (χ1n) is 6.63. The molecular formula is C14H20N2O2S. The molecule has 104 valence electrons. The van der Waals surface area contributed by atoms with E-state index in [0.29, 0.717) is 18.4 Å². The topological polar surface area (TPSA) is 50.4 Å². The normalized spacial score (nSPS) is 18.3. The van der Waals surface area contributed by atoms with E-state index in [9.17, 15) is 4.79 Å². The van der Waals surface area contributed by atoms with Gasteiger partial charge < -0.3 is 15.4 Å². The molecule has 1 heterocycles. The van der Waals surface area contributed by atoms with E-state index in [4.69, 9.17) is 4.74 Å². The number of rotatable bonds is 6. The van der Waals surface area contributed by atoms with Crippen molar-refractivity contribution in [1.82, 2.24) is 10.6 Å². The van der Waals surface area contributed by atoms with Crippen LogP contribution in [0.1, 0.15) is 13.3 Å². The molecule has 1 fully saturated rings. The maximum atomic E-state index is 11.8. The minimum Gasteiger partial charge on any atom is -0.494 e. The van der Waals surface area contributed by atoms with Gasteiger partial charge in [0.2, 0.25) is 5.91 Å². The van der Waals surface area contributed by atoms with E-state index in [2.05, 4.69) is 10.6 Å². The van der Waals surface area contributed by atoms with Crippen LogP contribution in [-0.2, 0) is 4.79 Å². The van der Waals surface area contributed by atoms with Crippen molar-refractivity contribution in [2.75, 3.05) is 25.4 Å². The molecule has 0 aromatic heterocycles. The minimum atomic E-state index is 0.104. The van der Waals surface area contributed by atoms with Gasteiger partial charge in [-0.05, 0) is 44.2 Å². The summed E-state index contributed by atoms with van der Waals surface area (Å²) < 4.78 is 5.38. The standard InChI is InChI=1S/C14H20N2O2S/c1-2-18-12-3-5-13(6-4-12)19-10-14(17)16-11-7-8-15-9-11/h3-6,11,15H,2,7-10H2,1H3,(H,16,17). The highest BCUT2D eigenvalue weighted by atomic mass is 32.2. The average Bonchev–Trinajstić information content (AvgIpc) is 2.91. The molecule has 1 amide bonds. The number of amides is 1. The van der Waals surface area contributed by atoms with Gasteiger partial charge >= 0.3 is 0 Å². The third kappa shape index (κ3) is 4.76. The quantitative estimate of drug-likeness (QED) is 0.778. The number of carbonyl (C=O) groups is 1. The van der Waals surface area contributed by atoms with Gasteiger partial charge in [0.1, 0.15) is 5.75 Å². The van der Waals surface area contributed by atoms with Gasteiger partial charge in [-0.1, -0.05) is 0 Å². The number of benzene rings is 1. The molecule has 2 N–H and O–H groups in total. The number of hydrogen-bond acceptors (Lipinski definition) is 4. The first-order valence-corrected chi connectivity index (χ1v) is 7.62. The van der Waals surface area contributed by atoms with Crippen molar-refractivity contribution in [3.05, 3.63) is 24.3 Å². The molecule has 1 saturated heterocycles. The summed E-state index contributed by atoms with van der Waals surface area (Å²) in [6.45, 7) is 4.52. The summed E-state index contributed by atoms with van der Waals surface area (Å²) in [6.07, 6.45) is 1.03. The smallest absolute Gasteiger partial charge is 0.230 e. The molecular weight excluding hydrogens is 260 g/mol. The highest BCUT2D eigenvalue weighted by molar-refractivity contribution is 8.00. The van der Waals surface area contributed by atoms with Gasteiger partial charge in [0.25, 0.3) is 0 Å². The van der Waals surface area contributed by atoms with Gasteiger partial charge in [-0.25, -0.2) is 0 Å². The van der Waals surface area contributed by atoms with Crippen LogP contribution in [-0.4, -0.2) is 37.4 Å². The molecule has 4 nitrogen and oxygen atoms in total. The van der Waals surface area contributed by atoms with Gasteiger partial charge in [-0.3, -0.25) is 4.79 Å². The fourth-order valence-electron chi connectivity index (χ4n) is 1.99. The summed E-state index contributed by atoms with van der Waals surface area (Å²) in [5, 5.41) is 6.27. The lowest BCUT2D eigenvalue weighted by Gasteiger charge is -2.11. The molecule has 1 unspecified atom stereocenters. The van der Waals surface area contributed by atoms with E-state index in [0.717, 1.165) is 30.2 Å². The molecule has 1 aliphatic heterocycles. The van der Waals surface area contributed by atoms with Crippen LogP contribution in [0.4, 0.5) is 0 Å². The predicted molar refractivity (Wildman–Crippen MR) is 77.8 cm³/mol. The van der Waals surface area contributed by atoms with E-state index in [1.54, 1.807) is 11.8 Å². The molecule has 1 aromatic carbocycles. The monoisotopic (exact) mass is 280 g/mol. The van der Waals surface area contributed by atoms with Crippen LogP contribution in [0.15, 0.2) is 29.2 Å². The summed E-state index contributed by atoms with van der Waals surface area (Å²) >= 11 is 1.55. The highest BCUT2D eigenvalue weighted by Crippen LogP contribution is 2.21. The lowest BCUT2D eigenvalue weighted by atomic mass is 10.3. The second kappa shape index (κ2) is 7.40. The Kier molecular flexibility index (Phi) is 5.54. The van der Waals surface area contributed by atoms with Gasteiger partial charge in [0.15, 0.2) is 0 Å². The third-order valence-electron chi connectivity index (χ3n) is 2.93. The maximum absolute atomic E-state index is 11.8. The Labute approximate surface area is 118 Å². The molecule has 1 atom stereocenters. The summed E-state index contributed by atoms with van der Waals surface area (Å²) in [5.74, 6) is 1.44. The molecule has 0 bridgehead atoms. The van der Waals surface area contributed by atoms with Gasteiger partial charge in [0.05, 0.1) is 12.4 Å². The van der Waals surface area contributed by atoms with Crippen LogP contribution in [0.3, 0.4) is 0 Å². The van der Waals surface area contributed by atoms with E-state index < -0.39 is 0 Å². The first-order chi connectivity index (χ1) is 9.28. The Balaban J connectivity index is 1.73. The molecule has 1 aromatic rings. The predicted octanol–water partition coefficient (Wildman–Crippen LogP) is 1.66. The van der Waals surface area contributed by atoms with Gasteiger partial charge in [0, 0.05) is 17.5 Å². The Morgan fingerprint density at radius 1 is 1.47 bits per heavy atom. The number of carbonyl (C=O) groups excluding carboxylic acids is 1. The average molecular weight is 280 g/mol. The SMILES string of the molecule is CCOc1ccc(SCC(=O)NC2CCNC2)cc1. The van der Waals surface area contributed by atoms with Crippen molar-refractivity contribution < 1.29 is 9.53 Å². The van der Waals surface area contributed by atoms with Gasteiger partial charge in [-0.2, -0.15) is 0 Å². The number of thioether (sulfide) groups is 1. The molecule has 1 aliphatic rings. The van der Waals surface area contributed by atoms with E-state index in [1.807, 2.05) is 31.2 Å². The fourth-order valence-corrected chi connectivity index (χ4v) is 2.70. The summed E-state index contributed by atoms with van der Waals surface area (Å²) in [6, 6.07) is 8.14. The molecule has 0 spiro atoms. The first kappa shape index (κ1) is 14.2. The molecule has 2 rings (SSSR count). The fraction of sp³-hybridized carbons (Fsp3) is 0.500. The largest absolute Gasteiger partial charge is 0.494 e. The number of hydrogen-bond donors (Lipinski definition) is 2. The van der Waals surface area contributed by atoms with Crippen molar-refractivity contribution in [3.8, 4) is 5.75 Å². The zero-order chi connectivity index (χ0) is 13.5. The third-order valence-corrected chi connectivity index (χ3v) is 3.94. The molecule has 19 heavy (non-hydrogen) atoms. The summed E-state index contributed by atoms with van der Waals surface area (Å²) in [4.78, 5) is 12.8. The molecule has 0 aliphatic carbocycles. The molecule has 0 radical (unpaired) electrons. The maximum Gasteiger partial charge on any atom is 0.230 e. The van der Waals surface area contributed by atoms with Crippen LogP contribution in [0.5, 0.6) is 5.75 Å². The molecule has 0 saturated carbocycles. The van der Waals surface area contributed by atoms with Crippen LogP contribution >= 0.6 is 11.8 Å².